The van der Waals surface area contributed by atoms with Gasteiger partial charge in [0.05, 0.1) is 16.8 Å². The molecule has 1 aromatic carbocycles. The Morgan fingerprint density at radius 2 is 1.96 bits per heavy atom. The molecule has 0 spiro atoms. The average molecular weight is 376 g/mol. The Morgan fingerprint density at radius 3 is 2.58 bits per heavy atom. The van der Waals surface area contributed by atoms with Crippen LogP contribution >= 0.6 is 0 Å². The van der Waals surface area contributed by atoms with Crippen molar-refractivity contribution in [3.05, 3.63) is 36.2 Å². The van der Waals surface area contributed by atoms with Crippen molar-refractivity contribution >= 4 is 27.3 Å². The first-order chi connectivity index (χ1) is 12.0. The summed E-state index contributed by atoms with van der Waals surface area (Å²) in [7, 11) is -2.04. The van der Waals surface area contributed by atoms with Gasteiger partial charge in [0.2, 0.25) is 5.91 Å². The summed E-state index contributed by atoms with van der Waals surface area (Å²) in [5, 5.41) is 4.15. The van der Waals surface area contributed by atoms with Crippen LogP contribution in [-0.4, -0.2) is 31.2 Å². The van der Waals surface area contributed by atoms with Gasteiger partial charge in [-0.25, -0.2) is 8.42 Å². The van der Waals surface area contributed by atoms with Gasteiger partial charge in [0.1, 0.15) is 0 Å². The fourth-order valence-electron chi connectivity index (χ4n) is 3.13. The minimum absolute atomic E-state index is 0.0253. The molecule has 1 aromatic heterocycles. The molecule has 0 radical (unpaired) electrons. The van der Waals surface area contributed by atoms with Crippen molar-refractivity contribution in [2.24, 2.45) is 0 Å². The first-order valence-electron chi connectivity index (χ1n) is 8.49. The molecule has 8 heteroatoms. The van der Waals surface area contributed by atoms with Gasteiger partial charge in [-0.1, -0.05) is 13.8 Å². The molecule has 1 aliphatic rings. The van der Waals surface area contributed by atoms with Crippen LogP contribution in [0.4, 0.5) is 11.4 Å². The maximum Gasteiger partial charge on any atom is 0.262 e. The highest BCUT2D eigenvalue weighted by Crippen LogP contribution is 2.40. The summed E-state index contributed by atoms with van der Waals surface area (Å²) < 4.78 is 29.9. The van der Waals surface area contributed by atoms with Crippen LogP contribution in [0.3, 0.4) is 0 Å². The second kappa shape index (κ2) is 6.12. The number of nitrogens with zero attached hydrogens (tertiary/aromatic N) is 3. The number of aromatic nitrogens is 2. The molecule has 0 saturated heterocycles. The molecule has 0 atom stereocenters. The van der Waals surface area contributed by atoms with Crippen LogP contribution in [0.25, 0.3) is 0 Å². The van der Waals surface area contributed by atoms with E-state index in [1.54, 1.807) is 35.0 Å². The van der Waals surface area contributed by atoms with Gasteiger partial charge in [0.25, 0.3) is 10.0 Å². The van der Waals surface area contributed by atoms with Crippen molar-refractivity contribution < 1.29 is 13.2 Å². The molecular formula is C18H24N4O3S. The van der Waals surface area contributed by atoms with Crippen molar-refractivity contribution in [1.82, 2.24) is 9.78 Å². The van der Waals surface area contributed by atoms with E-state index in [1.165, 1.54) is 12.3 Å². The van der Waals surface area contributed by atoms with Crippen LogP contribution in [0.5, 0.6) is 0 Å². The van der Waals surface area contributed by atoms with Crippen LogP contribution < -0.4 is 9.62 Å². The maximum absolute atomic E-state index is 12.8. The Hall–Kier alpha value is -2.35. The lowest BCUT2D eigenvalue weighted by Gasteiger charge is -2.37. The highest BCUT2D eigenvalue weighted by atomic mass is 32.2. The van der Waals surface area contributed by atoms with Gasteiger partial charge in [0.15, 0.2) is 0 Å². The summed E-state index contributed by atoms with van der Waals surface area (Å²) in [4.78, 5) is 13.9. The van der Waals surface area contributed by atoms with E-state index in [1.807, 2.05) is 27.7 Å². The lowest BCUT2D eigenvalue weighted by molar-refractivity contribution is -0.119. The molecule has 0 aliphatic carbocycles. The molecule has 1 amide bonds. The molecule has 0 fully saturated rings. The van der Waals surface area contributed by atoms with E-state index in [2.05, 4.69) is 9.82 Å². The molecule has 7 nitrogen and oxygen atoms in total. The number of nitrogens with one attached hydrogen (secondary N) is 1. The molecule has 2 heterocycles. The predicted octanol–water partition coefficient (Wildman–Crippen LogP) is 2.91. The Morgan fingerprint density at radius 1 is 1.27 bits per heavy atom. The van der Waals surface area contributed by atoms with E-state index in [0.29, 0.717) is 12.1 Å². The quantitative estimate of drug-likeness (QED) is 0.889. The third kappa shape index (κ3) is 3.21. The third-order valence-electron chi connectivity index (χ3n) is 4.72. The molecule has 0 unspecified atom stereocenters. The van der Waals surface area contributed by atoms with Crippen LogP contribution in [0, 0.1) is 0 Å². The Kier molecular flexibility index (Phi) is 4.34. The lowest BCUT2D eigenvalue weighted by atomic mass is 9.77. The fraction of sp³-hybridized carbons (Fsp3) is 0.444. The Bertz CT molecular complexity index is 961. The van der Waals surface area contributed by atoms with Crippen molar-refractivity contribution in [3.8, 4) is 0 Å². The SMILES string of the molecule is CC(C)n1cc(NS(=O)(=O)c2ccc3c(c2)C(C)(C)CC(=O)N3C)cn1. The van der Waals surface area contributed by atoms with E-state index in [-0.39, 0.29) is 16.8 Å². The minimum atomic E-state index is -3.75. The van der Waals surface area contributed by atoms with Crippen LogP contribution in [0.2, 0.25) is 0 Å². The monoisotopic (exact) mass is 376 g/mol. The zero-order valence-corrected chi connectivity index (χ0v) is 16.5. The van der Waals surface area contributed by atoms with E-state index in [0.717, 1.165) is 11.3 Å². The van der Waals surface area contributed by atoms with E-state index < -0.39 is 15.4 Å². The molecule has 140 valence electrons. The standard InChI is InChI=1S/C18H24N4O3S/c1-12(2)22-11-13(10-19-22)20-26(24,25)14-6-7-16-15(8-14)18(3,4)9-17(23)21(16)5/h6-8,10-12,20H,9H2,1-5H3. The third-order valence-corrected chi connectivity index (χ3v) is 6.10. The second-order valence-corrected chi connectivity index (χ2v) is 9.28. The van der Waals surface area contributed by atoms with Crippen molar-refractivity contribution in [2.45, 2.75) is 50.5 Å². The van der Waals surface area contributed by atoms with Gasteiger partial charge >= 0.3 is 0 Å². The summed E-state index contributed by atoms with van der Waals surface area (Å²) in [5.74, 6) is 0.0253. The predicted molar refractivity (Wildman–Crippen MR) is 101 cm³/mol. The number of sulfonamides is 1. The molecule has 0 bridgehead atoms. The number of hydrogen-bond donors (Lipinski definition) is 1. The summed E-state index contributed by atoms with van der Waals surface area (Å²) in [5.41, 5.74) is 1.59. The second-order valence-electron chi connectivity index (χ2n) is 7.60. The van der Waals surface area contributed by atoms with Crippen LogP contribution in [-0.2, 0) is 20.2 Å². The fourth-order valence-corrected chi connectivity index (χ4v) is 4.18. The molecule has 1 aliphatic heterocycles. The number of fused-ring (bicyclic) bond motifs is 1. The molecule has 26 heavy (non-hydrogen) atoms. The summed E-state index contributed by atoms with van der Waals surface area (Å²) in [6.45, 7) is 7.84. The van der Waals surface area contributed by atoms with Gasteiger partial charge in [-0.2, -0.15) is 5.10 Å². The van der Waals surface area contributed by atoms with Crippen molar-refractivity contribution in [2.75, 3.05) is 16.7 Å². The van der Waals surface area contributed by atoms with Crippen molar-refractivity contribution in [1.29, 1.82) is 0 Å². The first-order valence-corrected chi connectivity index (χ1v) is 9.98. The highest BCUT2D eigenvalue weighted by molar-refractivity contribution is 7.92. The van der Waals surface area contributed by atoms with Gasteiger partial charge in [-0.3, -0.25) is 14.2 Å². The number of carbonyl (C=O) groups is 1. The number of amides is 1. The number of rotatable bonds is 4. The van der Waals surface area contributed by atoms with Crippen LogP contribution in [0.15, 0.2) is 35.5 Å². The number of benzene rings is 1. The maximum atomic E-state index is 12.8. The zero-order chi connectivity index (χ0) is 19.3. The molecule has 2 aromatic rings. The molecule has 3 rings (SSSR count). The normalized spacial score (nSPS) is 16.7. The highest BCUT2D eigenvalue weighted by Gasteiger charge is 2.36. The van der Waals surface area contributed by atoms with Gasteiger partial charge in [-0.05, 0) is 37.6 Å². The number of anilines is 2. The smallest absolute Gasteiger partial charge is 0.262 e. The Labute approximate surface area is 154 Å². The largest absolute Gasteiger partial charge is 0.315 e. The molecular weight excluding hydrogens is 352 g/mol. The van der Waals surface area contributed by atoms with Gasteiger partial charge in [0, 0.05) is 36.8 Å². The summed E-state index contributed by atoms with van der Waals surface area (Å²) in [6.07, 6.45) is 3.50. The topological polar surface area (TPSA) is 84.3 Å². The minimum Gasteiger partial charge on any atom is -0.315 e. The average Bonchev–Trinajstić information content (AvgIpc) is 3.00. The summed E-state index contributed by atoms with van der Waals surface area (Å²) in [6, 6.07) is 5.03. The van der Waals surface area contributed by atoms with Crippen LogP contribution in [0.1, 0.15) is 45.7 Å². The number of carbonyl (C=O) groups excluding carboxylic acids is 1. The molecule has 0 saturated carbocycles. The first kappa shape index (κ1) is 18.4. The number of hydrogen-bond acceptors (Lipinski definition) is 4. The van der Waals surface area contributed by atoms with E-state index >= 15 is 0 Å². The van der Waals surface area contributed by atoms with Gasteiger partial charge in [-0.15, -0.1) is 0 Å². The Balaban J connectivity index is 1.97. The molecule has 1 N–H and O–H groups in total. The summed E-state index contributed by atoms with van der Waals surface area (Å²) >= 11 is 0. The van der Waals surface area contributed by atoms with Gasteiger partial charge < -0.3 is 4.90 Å². The van der Waals surface area contributed by atoms with E-state index in [9.17, 15) is 13.2 Å². The van der Waals surface area contributed by atoms with Crippen molar-refractivity contribution in [3.63, 3.8) is 0 Å². The van der Waals surface area contributed by atoms with E-state index in [4.69, 9.17) is 0 Å². The zero-order valence-electron chi connectivity index (χ0n) is 15.6. The lowest BCUT2D eigenvalue weighted by Crippen LogP contribution is -2.39.